The Morgan fingerprint density at radius 3 is 2.32 bits per heavy atom. The zero-order valence-electron chi connectivity index (χ0n) is 13.8. The topological polar surface area (TPSA) is 41.1 Å². The fourth-order valence-electron chi connectivity index (χ4n) is 3.38. The summed E-state index contributed by atoms with van der Waals surface area (Å²) in [6.07, 6.45) is 3.62. The van der Waals surface area contributed by atoms with Gasteiger partial charge in [-0.2, -0.15) is 0 Å². The van der Waals surface area contributed by atoms with Crippen molar-refractivity contribution in [3.05, 3.63) is 0 Å². The molecule has 0 radical (unpaired) electrons. The van der Waals surface area contributed by atoms with Gasteiger partial charge in [0.25, 0.3) is 0 Å². The fraction of sp³-hybridized carbons (Fsp3) is 0.938. The molecule has 1 saturated carbocycles. The number of hydrogen-bond acceptors (Lipinski definition) is 2. The van der Waals surface area contributed by atoms with Crippen LogP contribution in [0.5, 0.6) is 0 Å². The summed E-state index contributed by atoms with van der Waals surface area (Å²) < 4.78 is 0. The molecule has 2 N–H and O–H groups in total. The van der Waals surface area contributed by atoms with E-state index in [1.54, 1.807) is 0 Å². The number of carbonyl (C=O) groups excluding carboxylic acids is 1. The number of amides is 1. The predicted molar refractivity (Wildman–Crippen MR) is 81.1 cm³/mol. The van der Waals surface area contributed by atoms with Gasteiger partial charge in [0.05, 0.1) is 6.04 Å². The molecule has 1 amide bonds. The molecule has 3 heteroatoms. The Kier molecular flexibility index (Phi) is 5.05. The minimum Gasteiger partial charge on any atom is -0.350 e. The second kappa shape index (κ2) is 5.82. The molecule has 0 spiro atoms. The van der Waals surface area contributed by atoms with E-state index in [1.165, 1.54) is 12.8 Å². The maximum Gasteiger partial charge on any atom is 0.237 e. The van der Waals surface area contributed by atoms with Crippen LogP contribution in [0.1, 0.15) is 67.7 Å². The zero-order valence-corrected chi connectivity index (χ0v) is 13.8. The van der Waals surface area contributed by atoms with Crippen LogP contribution in [0.15, 0.2) is 0 Å². The Morgan fingerprint density at radius 2 is 1.84 bits per heavy atom. The van der Waals surface area contributed by atoms with E-state index in [-0.39, 0.29) is 17.5 Å². The Hall–Kier alpha value is -0.570. The molecule has 1 fully saturated rings. The normalized spacial score (nSPS) is 28.8. The second-order valence-corrected chi connectivity index (χ2v) is 8.24. The highest BCUT2D eigenvalue weighted by Gasteiger charge is 2.33. The SMILES string of the molecule is CC1CC(NC(C)C(=O)NC(C)(C)C)CC(C)(C)C1. The number of nitrogens with one attached hydrogen (secondary N) is 2. The Balaban J connectivity index is 2.52. The van der Waals surface area contributed by atoms with E-state index in [1.807, 2.05) is 27.7 Å². The van der Waals surface area contributed by atoms with E-state index in [2.05, 4.69) is 31.4 Å². The van der Waals surface area contributed by atoms with Gasteiger partial charge < -0.3 is 10.6 Å². The van der Waals surface area contributed by atoms with Gasteiger partial charge in [0, 0.05) is 11.6 Å². The molecule has 3 atom stereocenters. The molecule has 0 aromatic rings. The Labute approximate surface area is 118 Å². The van der Waals surface area contributed by atoms with Crippen LogP contribution in [0, 0.1) is 11.3 Å². The van der Waals surface area contributed by atoms with Gasteiger partial charge in [0.1, 0.15) is 0 Å². The van der Waals surface area contributed by atoms with Gasteiger partial charge in [-0.15, -0.1) is 0 Å². The minimum atomic E-state index is -0.161. The molecule has 0 aromatic heterocycles. The Bertz CT molecular complexity index is 317. The minimum absolute atomic E-state index is 0.100. The molecule has 19 heavy (non-hydrogen) atoms. The molecule has 0 aromatic carbocycles. The monoisotopic (exact) mass is 268 g/mol. The fourth-order valence-corrected chi connectivity index (χ4v) is 3.38. The predicted octanol–water partition coefficient (Wildman–Crippen LogP) is 3.09. The first-order chi connectivity index (χ1) is 8.48. The average molecular weight is 268 g/mol. The maximum atomic E-state index is 12.1. The van der Waals surface area contributed by atoms with Crippen molar-refractivity contribution in [1.82, 2.24) is 10.6 Å². The van der Waals surface area contributed by atoms with Crippen LogP contribution in [-0.4, -0.2) is 23.5 Å². The van der Waals surface area contributed by atoms with E-state index < -0.39 is 0 Å². The zero-order chi connectivity index (χ0) is 14.8. The van der Waals surface area contributed by atoms with Gasteiger partial charge >= 0.3 is 0 Å². The van der Waals surface area contributed by atoms with Gasteiger partial charge in [0.2, 0.25) is 5.91 Å². The quantitative estimate of drug-likeness (QED) is 0.826. The third-order valence-corrected chi connectivity index (χ3v) is 3.76. The van der Waals surface area contributed by atoms with Crippen molar-refractivity contribution in [3.8, 4) is 0 Å². The molecule has 1 rings (SSSR count). The van der Waals surface area contributed by atoms with Gasteiger partial charge in [0.15, 0.2) is 0 Å². The van der Waals surface area contributed by atoms with E-state index in [4.69, 9.17) is 0 Å². The van der Waals surface area contributed by atoms with Crippen molar-refractivity contribution in [2.45, 2.75) is 85.4 Å². The number of rotatable bonds is 3. The second-order valence-electron chi connectivity index (χ2n) is 8.24. The average Bonchev–Trinajstić information content (AvgIpc) is 2.10. The van der Waals surface area contributed by atoms with Crippen molar-refractivity contribution >= 4 is 5.91 Å². The summed E-state index contributed by atoms with van der Waals surface area (Å²) in [5, 5.41) is 6.55. The lowest BCUT2D eigenvalue weighted by Gasteiger charge is -2.40. The molecule has 112 valence electrons. The van der Waals surface area contributed by atoms with E-state index in [0.29, 0.717) is 11.5 Å². The molecule has 3 nitrogen and oxygen atoms in total. The Morgan fingerprint density at radius 1 is 1.26 bits per heavy atom. The first-order valence-electron chi connectivity index (χ1n) is 7.56. The lowest BCUT2D eigenvalue weighted by molar-refractivity contribution is -0.124. The molecule has 3 unspecified atom stereocenters. The maximum absolute atomic E-state index is 12.1. The van der Waals surface area contributed by atoms with Gasteiger partial charge in [-0.05, 0) is 58.3 Å². The number of hydrogen-bond donors (Lipinski definition) is 2. The molecule has 1 aliphatic rings. The summed E-state index contributed by atoms with van der Waals surface area (Å²) in [5.74, 6) is 0.836. The van der Waals surface area contributed by atoms with Crippen LogP contribution < -0.4 is 10.6 Å². The molecule has 1 aliphatic carbocycles. The lowest BCUT2D eigenvalue weighted by Crippen LogP contribution is -2.53. The lowest BCUT2D eigenvalue weighted by atomic mass is 9.70. The summed E-state index contributed by atoms with van der Waals surface area (Å²) >= 11 is 0. The summed E-state index contributed by atoms with van der Waals surface area (Å²) in [7, 11) is 0. The van der Waals surface area contributed by atoms with Crippen molar-refractivity contribution in [2.24, 2.45) is 11.3 Å². The summed E-state index contributed by atoms with van der Waals surface area (Å²) in [6.45, 7) is 15.0. The molecule has 0 aliphatic heterocycles. The molecule has 0 bridgehead atoms. The largest absolute Gasteiger partial charge is 0.350 e. The molecule has 0 heterocycles. The van der Waals surface area contributed by atoms with Crippen molar-refractivity contribution in [3.63, 3.8) is 0 Å². The first kappa shape index (κ1) is 16.5. The van der Waals surface area contributed by atoms with Crippen LogP contribution >= 0.6 is 0 Å². The molecule has 0 saturated heterocycles. The third-order valence-electron chi connectivity index (χ3n) is 3.76. The van der Waals surface area contributed by atoms with E-state index >= 15 is 0 Å². The highest BCUT2D eigenvalue weighted by Crippen LogP contribution is 2.38. The highest BCUT2D eigenvalue weighted by atomic mass is 16.2. The van der Waals surface area contributed by atoms with E-state index in [9.17, 15) is 4.79 Å². The summed E-state index contributed by atoms with van der Waals surface area (Å²) in [4.78, 5) is 12.1. The number of carbonyl (C=O) groups is 1. The van der Waals surface area contributed by atoms with Gasteiger partial charge in [-0.25, -0.2) is 0 Å². The standard InChI is InChI=1S/C16H32N2O/c1-11-8-13(10-16(6,7)9-11)17-12(2)14(19)18-15(3,4)5/h11-13,17H,8-10H2,1-7H3,(H,18,19). The van der Waals surface area contributed by atoms with Gasteiger partial charge in [-0.3, -0.25) is 4.79 Å². The van der Waals surface area contributed by atoms with Crippen molar-refractivity contribution in [2.75, 3.05) is 0 Å². The van der Waals surface area contributed by atoms with Crippen LogP contribution in [0.4, 0.5) is 0 Å². The smallest absolute Gasteiger partial charge is 0.237 e. The molecular formula is C16H32N2O. The van der Waals surface area contributed by atoms with Crippen LogP contribution in [0.3, 0.4) is 0 Å². The summed E-state index contributed by atoms with van der Waals surface area (Å²) in [6, 6.07) is 0.338. The van der Waals surface area contributed by atoms with Gasteiger partial charge in [-0.1, -0.05) is 20.8 Å². The van der Waals surface area contributed by atoms with Crippen molar-refractivity contribution < 1.29 is 4.79 Å². The molecular weight excluding hydrogens is 236 g/mol. The van der Waals surface area contributed by atoms with Crippen LogP contribution in [0.25, 0.3) is 0 Å². The highest BCUT2D eigenvalue weighted by molar-refractivity contribution is 5.81. The van der Waals surface area contributed by atoms with Crippen LogP contribution in [-0.2, 0) is 4.79 Å². The van der Waals surface area contributed by atoms with Crippen molar-refractivity contribution in [1.29, 1.82) is 0 Å². The summed E-state index contributed by atoms with van der Waals surface area (Å²) in [5.41, 5.74) is 0.224. The first-order valence-corrected chi connectivity index (χ1v) is 7.56. The van der Waals surface area contributed by atoms with E-state index in [0.717, 1.165) is 12.3 Å². The van der Waals surface area contributed by atoms with Crippen LogP contribution in [0.2, 0.25) is 0 Å². The third kappa shape index (κ3) is 5.94.